The summed E-state index contributed by atoms with van der Waals surface area (Å²) in [6.07, 6.45) is 0. The minimum absolute atomic E-state index is 0.593. The first-order valence-electron chi connectivity index (χ1n) is 4.59. The van der Waals surface area contributed by atoms with Crippen LogP contribution in [0, 0.1) is 0 Å². The van der Waals surface area contributed by atoms with E-state index in [1.54, 1.807) is 12.1 Å². The Hall–Kier alpha value is -0.600. The van der Waals surface area contributed by atoms with Crippen LogP contribution in [0.4, 0.5) is 11.4 Å². The number of halogens is 2. The Morgan fingerprint density at radius 1 is 1.14 bits per heavy atom. The van der Waals surface area contributed by atoms with Gasteiger partial charge in [-0.05, 0) is 26.0 Å². The zero-order chi connectivity index (χ0) is 10.7. The Kier molecular flexibility index (Phi) is 3.90. The highest BCUT2D eigenvalue weighted by atomic mass is 35.5. The molecule has 4 heteroatoms. The van der Waals surface area contributed by atoms with E-state index < -0.39 is 0 Å². The van der Waals surface area contributed by atoms with Crippen LogP contribution in [0.25, 0.3) is 0 Å². The van der Waals surface area contributed by atoms with Crippen molar-refractivity contribution in [3.05, 3.63) is 22.2 Å². The summed E-state index contributed by atoms with van der Waals surface area (Å²) in [6, 6.07) is 3.45. The molecule has 2 N–H and O–H groups in total. The molecule has 0 aliphatic heterocycles. The molecule has 0 atom stereocenters. The van der Waals surface area contributed by atoms with E-state index in [4.69, 9.17) is 28.9 Å². The summed E-state index contributed by atoms with van der Waals surface area (Å²) in [5.41, 5.74) is 7.09. The molecule has 0 spiro atoms. The second-order valence-corrected chi connectivity index (χ2v) is 3.82. The molecule has 0 heterocycles. The van der Waals surface area contributed by atoms with Gasteiger partial charge in [-0.15, -0.1) is 0 Å². The van der Waals surface area contributed by atoms with Crippen molar-refractivity contribution in [3.63, 3.8) is 0 Å². The number of nitrogens with zero attached hydrogens (tertiary/aromatic N) is 1. The smallest absolute Gasteiger partial charge is 0.0746 e. The molecule has 1 aromatic rings. The van der Waals surface area contributed by atoms with Crippen LogP contribution in [0.5, 0.6) is 0 Å². The molecule has 1 rings (SSSR count). The third-order valence-corrected chi connectivity index (χ3v) is 2.70. The van der Waals surface area contributed by atoms with Crippen molar-refractivity contribution in [1.82, 2.24) is 0 Å². The molecule has 0 amide bonds. The SMILES string of the molecule is CCN(CC)c1c(Cl)cc(N)cc1Cl. The molecule has 78 valence electrons. The first kappa shape index (κ1) is 11.5. The highest BCUT2D eigenvalue weighted by Gasteiger charge is 2.12. The fraction of sp³-hybridized carbons (Fsp3) is 0.400. The first-order chi connectivity index (χ1) is 6.60. The molecule has 0 aromatic heterocycles. The van der Waals surface area contributed by atoms with Crippen LogP contribution in [-0.2, 0) is 0 Å². The van der Waals surface area contributed by atoms with E-state index in [0.717, 1.165) is 18.8 Å². The minimum Gasteiger partial charge on any atom is -0.399 e. The van der Waals surface area contributed by atoms with E-state index in [0.29, 0.717) is 15.7 Å². The van der Waals surface area contributed by atoms with Crippen molar-refractivity contribution in [2.24, 2.45) is 0 Å². The fourth-order valence-corrected chi connectivity index (χ4v) is 2.17. The lowest BCUT2D eigenvalue weighted by Crippen LogP contribution is -2.22. The predicted octanol–water partition coefficient (Wildman–Crippen LogP) is 3.42. The lowest BCUT2D eigenvalue weighted by Gasteiger charge is -2.23. The van der Waals surface area contributed by atoms with E-state index in [1.807, 2.05) is 0 Å². The Labute approximate surface area is 94.6 Å². The van der Waals surface area contributed by atoms with Gasteiger partial charge in [0.15, 0.2) is 0 Å². The van der Waals surface area contributed by atoms with E-state index >= 15 is 0 Å². The highest BCUT2D eigenvalue weighted by Crippen LogP contribution is 2.35. The van der Waals surface area contributed by atoms with Gasteiger partial charge in [-0.25, -0.2) is 0 Å². The Morgan fingerprint density at radius 3 is 1.93 bits per heavy atom. The van der Waals surface area contributed by atoms with Gasteiger partial charge < -0.3 is 10.6 Å². The highest BCUT2D eigenvalue weighted by molar-refractivity contribution is 6.39. The van der Waals surface area contributed by atoms with Crippen molar-refractivity contribution in [2.75, 3.05) is 23.7 Å². The third kappa shape index (κ3) is 2.25. The summed E-state index contributed by atoms with van der Waals surface area (Å²) < 4.78 is 0. The predicted molar refractivity (Wildman–Crippen MR) is 64.4 cm³/mol. The number of anilines is 2. The second kappa shape index (κ2) is 4.76. The van der Waals surface area contributed by atoms with Gasteiger partial charge in [-0.2, -0.15) is 0 Å². The van der Waals surface area contributed by atoms with E-state index in [1.165, 1.54) is 0 Å². The van der Waals surface area contributed by atoms with Crippen LogP contribution in [0.1, 0.15) is 13.8 Å². The number of rotatable bonds is 3. The molecule has 14 heavy (non-hydrogen) atoms. The Morgan fingerprint density at radius 2 is 1.57 bits per heavy atom. The number of hydrogen-bond donors (Lipinski definition) is 1. The lowest BCUT2D eigenvalue weighted by molar-refractivity contribution is 0.867. The van der Waals surface area contributed by atoms with Crippen molar-refractivity contribution < 1.29 is 0 Å². The van der Waals surface area contributed by atoms with Crippen molar-refractivity contribution in [3.8, 4) is 0 Å². The van der Waals surface area contributed by atoms with Crippen LogP contribution in [0.2, 0.25) is 10.0 Å². The van der Waals surface area contributed by atoms with Crippen LogP contribution in [0.15, 0.2) is 12.1 Å². The van der Waals surface area contributed by atoms with Crippen LogP contribution in [-0.4, -0.2) is 13.1 Å². The molecule has 0 saturated carbocycles. The maximum absolute atomic E-state index is 6.08. The number of nitrogen functional groups attached to an aromatic ring is 1. The molecular weight excluding hydrogens is 219 g/mol. The van der Waals surface area contributed by atoms with Gasteiger partial charge in [0.1, 0.15) is 0 Å². The summed E-state index contributed by atoms with van der Waals surface area (Å²) in [7, 11) is 0. The molecular formula is C10H14Cl2N2. The van der Waals surface area contributed by atoms with Crippen molar-refractivity contribution in [1.29, 1.82) is 0 Å². The molecule has 0 saturated heterocycles. The molecule has 0 radical (unpaired) electrons. The Balaban J connectivity index is 3.19. The molecule has 0 unspecified atom stereocenters. The lowest BCUT2D eigenvalue weighted by atomic mass is 10.2. The van der Waals surface area contributed by atoms with Crippen LogP contribution < -0.4 is 10.6 Å². The van der Waals surface area contributed by atoms with Crippen molar-refractivity contribution in [2.45, 2.75) is 13.8 Å². The Bertz CT molecular complexity index is 299. The van der Waals surface area contributed by atoms with Gasteiger partial charge in [0.25, 0.3) is 0 Å². The summed E-state index contributed by atoms with van der Waals surface area (Å²) in [6.45, 7) is 5.87. The molecule has 0 aliphatic carbocycles. The summed E-state index contributed by atoms with van der Waals surface area (Å²) >= 11 is 12.2. The van der Waals surface area contributed by atoms with Crippen LogP contribution >= 0.6 is 23.2 Å². The van der Waals surface area contributed by atoms with Gasteiger partial charge in [0.05, 0.1) is 15.7 Å². The number of benzene rings is 1. The number of nitrogens with two attached hydrogens (primary N) is 1. The quantitative estimate of drug-likeness (QED) is 0.810. The fourth-order valence-electron chi connectivity index (χ4n) is 1.43. The monoisotopic (exact) mass is 232 g/mol. The summed E-state index contributed by atoms with van der Waals surface area (Å²) in [5, 5.41) is 1.22. The summed E-state index contributed by atoms with van der Waals surface area (Å²) in [4.78, 5) is 2.10. The minimum atomic E-state index is 0.593. The zero-order valence-electron chi connectivity index (χ0n) is 8.35. The molecule has 1 aromatic carbocycles. The van der Waals surface area contributed by atoms with Gasteiger partial charge in [0.2, 0.25) is 0 Å². The van der Waals surface area contributed by atoms with Gasteiger partial charge in [0, 0.05) is 18.8 Å². The largest absolute Gasteiger partial charge is 0.399 e. The molecule has 2 nitrogen and oxygen atoms in total. The maximum Gasteiger partial charge on any atom is 0.0746 e. The average molecular weight is 233 g/mol. The van der Waals surface area contributed by atoms with E-state index in [-0.39, 0.29) is 0 Å². The van der Waals surface area contributed by atoms with Crippen molar-refractivity contribution >= 4 is 34.6 Å². The first-order valence-corrected chi connectivity index (χ1v) is 5.35. The van der Waals surface area contributed by atoms with E-state index in [2.05, 4.69) is 18.7 Å². The molecule has 0 aliphatic rings. The number of hydrogen-bond acceptors (Lipinski definition) is 2. The summed E-state index contributed by atoms with van der Waals surface area (Å²) in [5.74, 6) is 0. The standard InChI is InChI=1S/C10H14Cl2N2/c1-3-14(4-2)10-8(11)5-7(13)6-9(10)12/h5-6H,3-4,13H2,1-2H3. The molecule has 0 bridgehead atoms. The maximum atomic E-state index is 6.08. The second-order valence-electron chi connectivity index (χ2n) is 3.01. The topological polar surface area (TPSA) is 29.3 Å². The van der Waals surface area contributed by atoms with E-state index in [9.17, 15) is 0 Å². The van der Waals surface area contributed by atoms with Gasteiger partial charge in [-0.1, -0.05) is 23.2 Å². The normalized spacial score (nSPS) is 10.3. The van der Waals surface area contributed by atoms with Crippen LogP contribution in [0.3, 0.4) is 0 Å². The average Bonchev–Trinajstić information content (AvgIpc) is 2.10. The zero-order valence-corrected chi connectivity index (χ0v) is 9.86. The van der Waals surface area contributed by atoms with Gasteiger partial charge in [-0.3, -0.25) is 0 Å². The third-order valence-electron chi connectivity index (χ3n) is 2.12. The molecule has 0 fully saturated rings. The van der Waals surface area contributed by atoms with Gasteiger partial charge >= 0.3 is 0 Å².